The Morgan fingerprint density at radius 1 is 0.557 bits per heavy atom. The molecule has 0 saturated carbocycles. The molecule has 1 heterocycles. The average molecular weight is 1220 g/mol. The van der Waals surface area contributed by atoms with Gasteiger partial charge in [-0.05, 0) is 91.6 Å². The lowest BCUT2D eigenvalue weighted by Crippen LogP contribution is -2.61. The quantitative estimate of drug-likeness (QED) is 0.0316. The minimum absolute atomic E-state index is 0.0333. The number of aldehydes is 1. The third-order valence-corrected chi connectivity index (χ3v) is 14.4. The highest BCUT2D eigenvalue weighted by molar-refractivity contribution is 5.99. The molecule has 11 amide bonds. The van der Waals surface area contributed by atoms with E-state index < -0.39 is 150 Å². The highest BCUT2D eigenvalue weighted by atomic mass is 16.3. The molecule has 88 heavy (non-hydrogen) atoms. The van der Waals surface area contributed by atoms with E-state index in [2.05, 4.69) is 42.5 Å². The fourth-order valence-electron chi connectivity index (χ4n) is 9.65. The smallest absolute Gasteiger partial charge is 0.250 e. The molecule has 26 heteroatoms. The van der Waals surface area contributed by atoms with E-state index in [-0.39, 0.29) is 69.6 Å². The summed E-state index contributed by atoms with van der Waals surface area (Å²) in [6.45, 7) is 10.4. The van der Waals surface area contributed by atoms with E-state index in [1.807, 2.05) is 44.2 Å². The zero-order chi connectivity index (χ0) is 65.2. The van der Waals surface area contributed by atoms with Gasteiger partial charge in [-0.3, -0.25) is 52.7 Å². The summed E-state index contributed by atoms with van der Waals surface area (Å²) >= 11 is 0. The summed E-state index contributed by atoms with van der Waals surface area (Å²) in [5, 5.41) is 31.4. The van der Waals surface area contributed by atoms with E-state index in [1.54, 1.807) is 64.1 Å². The van der Waals surface area contributed by atoms with Gasteiger partial charge in [-0.2, -0.15) is 0 Å². The van der Waals surface area contributed by atoms with Gasteiger partial charge in [0, 0.05) is 25.5 Å². The molecule has 0 bridgehead atoms. The van der Waals surface area contributed by atoms with Crippen LogP contribution in [0.5, 0.6) is 5.75 Å². The molecule has 0 spiro atoms. The first-order valence-electron chi connectivity index (χ1n) is 29.5. The third kappa shape index (κ3) is 23.3. The van der Waals surface area contributed by atoms with Gasteiger partial charge in [0.25, 0.3) is 0 Å². The maximum absolute atomic E-state index is 14.8. The van der Waals surface area contributed by atoms with Crippen molar-refractivity contribution in [1.82, 2.24) is 47.4 Å². The summed E-state index contributed by atoms with van der Waals surface area (Å²) in [6.07, 6.45) is 2.60. The van der Waals surface area contributed by atoms with Gasteiger partial charge >= 0.3 is 0 Å². The molecular formula is C62H87N13O13. The first kappa shape index (κ1) is 71.4. The fourth-order valence-corrected chi connectivity index (χ4v) is 9.65. The van der Waals surface area contributed by atoms with Crippen LogP contribution in [0.4, 0.5) is 0 Å². The summed E-state index contributed by atoms with van der Waals surface area (Å²) < 4.78 is 0. The molecule has 0 radical (unpaired) electrons. The van der Waals surface area contributed by atoms with Gasteiger partial charge in [-0.15, -0.1) is 0 Å². The molecule has 0 fully saturated rings. The second-order valence-corrected chi connectivity index (χ2v) is 23.0. The van der Waals surface area contributed by atoms with Crippen LogP contribution in [-0.2, 0) is 76.8 Å². The van der Waals surface area contributed by atoms with Crippen molar-refractivity contribution in [3.05, 3.63) is 114 Å². The van der Waals surface area contributed by atoms with Crippen LogP contribution in [0.15, 0.2) is 97.2 Å². The number of carbonyl (C=O) groups is 12. The van der Waals surface area contributed by atoms with E-state index in [9.17, 15) is 62.6 Å². The van der Waals surface area contributed by atoms with Gasteiger partial charge in [-0.1, -0.05) is 120 Å². The molecule has 1 aliphatic rings. The molecule has 0 unspecified atom stereocenters. The monoisotopic (exact) mass is 1220 g/mol. The number of phenols is 1. The number of hydrogen-bond donors (Lipinski definition) is 13. The molecular weight excluding hydrogens is 1130 g/mol. The zero-order valence-corrected chi connectivity index (χ0v) is 50.7. The second-order valence-electron chi connectivity index (χ2n) is 23.0. The van der Waals surface area contributed by atoms with Crippen LogP contribution in [0, 0.1) is 17.8 Å². The van der Waals surface area contributed by atoms with Crippen molar-refractivity contribution in [1.29, 1.82) is 0 Å². The van der Waals surface area contributed by atoms with Gasteiger partial charge in [0.1, 0.15) is 60.4 Å². The summed E-state index contributed by atoms with van der Waals surface area (Å²) in [5.74, 6) is -10.3. The molecule has 3 aromatic carbocycles. The van der Waals surface area contributed by atoms with Gasteiger partial charge in [-0.25, -0.2) is 0 Å². The number of nitrogens with one attached hydrogen (secondary N) is 8. The van der Waals surface area contributed by atoms with E-state index in [4.69, 9.17) is 22.9 Å². The van der Waals surface area contributed by atoms with Gasteiger partial charge in [0.05, 0.1) is 18.5 Å². The Morgan fingerprint density at radius 2 is 1.03 bits per heavy atom. The lowest BCUT2D eigenvalue weighted by atomic mass is 9.98. The second kappa shape index (κ2) is 35.6. The van der Waals surface area contributed by atoms with E-state index in [0.717, 1.165) is 5.56 Å². The zero-order valence-electron chi connectivity index (χ0n) is 50.7. The first-order chi connectivity index (χ1) is 41.7. The number of rotatable bonds is 36. The summed E-state index contributed by atoms with van der Waals surface area (Å²) in [6, 6.07) is 10.6. The lowest BCUT2D eigenvalue weighted by Gasteiger charge is -2.31. The van der Waals surface area contributed by atoms with Gasteiger partial charge in [0.15, 0.2) is 0 Å². The molecule has 1 aliphatic heterocycles. The Labute approximate surface area is 512 Å². The van der Waals surface area contributed by atoms with Crippen molar-refractivity contribution in [2.75, 3.05) is 6.54 Å². The van der Waals surface area contributed by atoms with Crippen LogP contribution in [0.1, 0.15) is 103 Å². The number of nitrogens with zero attached hydrogens (tertiary/aromatic N) is 1. The van der Waals surface area contributed by atoms with Crippen molar-refractivity contribution in [2.45, 2.75) is 166 Å². The third-order valence-electron chi connectivity index (χ3n) is 14.4. The molecule has 10 atom stereocenters. The van der Waals surface area contributed by atoms with Crippen LogP contribution in [0.25, 0.3) is 0 Å². The number of nitrogens with two attached hydrogens (primary N) is 4. The number of aromatic hydroxyl groups is 1. The minimum Gasteiger partial charge on any atom is -0.508 e. The van der Waals surface area contributed by atoms with Gasteiger partial charge in [0.2, 0.25) is 65.0 Å². The summed E-state index contributed by atoms with van der Waals surface area (Å²) in [5.41, 5.74) is 24.2. The normalized spacial score (nSPS) is 15.9. The van der Waals surface area contributed by atoms with Crippen LogP contribution >= 0.6 is 0 Å². The number of amides is 11. The lowest BCUT2D eigenvalue weighted by molar-refractivity contribution is -0.141. The maximum Gasteiger partial charge on any atom is 0.250 e. The summed E-state index contributed by atoms with van der Waals surface area (Å²) in [4.78, 5) is 164. The molecule has 3 aromatic rings. The standard InChI is InChI=1S/C62H87N13O13/c1-35(2)29-46(57(83)72-48(32-39-17-11-8-12-18-39)62(88)75-28-14-20-49(75)59(85)74-52(36(3)4)60(86)67-41(34-76)30-38-15-9-7-10-16-38)70-55(81)44(19-13-27-63)69-61(87)53(37(5)6)73-58(84)47(31-40-21-23-42(77)24-22-40)71-56(82)45(25-26-50(65)78)68-54(80)43(64)33-51(66)79/h7-12,14-18,21-24,28,34-37,41,43-49,52-53,77H,13,19-20,25-27,29-33,63-64H2,1-6H3,(H2,65,78)(H2,66,79)(H,67,86)(H,68,80)(H,69,87)(H,70,81)(H,71,82)(H,72,83)(H,73,84)(H,74,85)/t41-,43+,44+,45+,46+,47+,48-,49+,52+,53+/m1/s1. The molecule has 26 nitrogen and oxygen atoms in total. The van der Waals surface area contributed by atoms with Crippen LogP contribution in [-0.4, -0.2) is 148 Å². The van der Waals surface area contributed by atoms with Crippen LogP contribution in [0.2, 0.25) is 0 Å². The highest BCUT2D eigenvalue weighted by Gasteiger charge is 2.40. The van der Waals surface area contributed by atoms with Crippen molar-refractivity contribution < 1.29 is 62.6 Å². The number of benzene rings is 3. The van der Waals surface area contributed by atoms with Crippen molar-refractivity contribution in [2.24, 2.45) is 40.7 Å². The van der Waals surface area contributed by atoms with Crippen LogP contribution < -0.4 is 65.5 Å². The Morgan fingerprint density at radius 3 is 1.58 bits per heavy atom. The van der Waals surface area contributed by atoms with Crippen molar-refractivity contribution in [3.63, 3.8) is 0 Å². The van der Waals surface area contributed by atoms with E-state index in [1.165, 1.54) is 35.4 Å². The first-order valence-corrected chi connectivity index (χ1v) is 29.5. The number of phenolic OH excluding ortho intramolecular Hbond substituents is 1. The highest BCUT2D eigenvalue weighted by Crippen LogP contribution is 2.20. The fraction of sp³-hybridized carbons (Fsp3) is 0.484. The number of primary amides is 2. The Hall–Kier alpha value is -9.04. The maximum atomic E-state index is 14.8. The number of hydrogen-bond acceptors (Lipinski definition) is 15. The molecule has 0 aromatic heterocycles. The molecule has 478 valence electrons. The predicted octanol–water partition coefficient (Wildman–Crippen LogP) is -0.823. The Kier molecular flexibility index (Phi) is 28.9. The Bertz CT molecular complexity index is 2910. The minimum atomic E-state index is -1.51. The molecule has 17 N–H and O–H groups in total. The molecule has 4 rings (SSSR count). The van der Waals surface area contributed by atoms with Crippen LogP contribution in [0.3, 0.4) is 0 Å². The van der Waals surface area contributed by atoms with E-state index >= 15 is 0 Å². The van der Waals surface area contributed by atoms with Crippen molar-refractivity contribution >= 4 is 71.3 Å². The van der Waals surface area contributed by atoms with Crippen molar-refractivity contribution in [3.8, 4) is 5.75 Å². The largest absolute Gasteiger partial charge is 0.508 e. The molecule has 0 aliphatic carbocycles. The molecule has 0 saturated heterocycles. The summed E-state index contributed by atoms with van der Waals surface area (Å²) in [7, 11) is 0. The van der Waals surface area contributed by atoms with E-state index in [0.29, 0.717) is 17.4 Å². The van der Waals surface area contributed by atoms with Gasteiger partial charge < -0.3 is 80.3 Å². The topological polar surface area (TPSA) is 429 Å². The Balaban J connectivity index is 1.57. The SMILES string of the molecule is CC(C)C[C@H](NC(=O)[C@H](CCCN)NC(=O)[C@@H](NC(=O)[C@H](Cc1ccc(O)cc1)NC(=O)[C@H](CCC(N)=O)NC(=O)[C@@H](N)CC(N)=O)C(C)C)C(=O)N[C@H](Cc1ccccc1)C(=O)N1C=CC[C@H]1C(=O)N[C@H](C(=O)N[C@@H](C=O)Cc1ccccc1)C(C)C. The average Bonchev–Trinajstić information content (AvgIpc) is 4.21. The number of carbonyl (C=O) groups excluding carboxylic acids is 12. The predicted molar refractivity (Wildman–Crippen MR) is 326 cm³/mol.